The number of para-hydroxylation sites is 1. The Kier molecular flexibility index (Phi) is 4.97. The monoisotopic (exact) mass is 343 g/mol. The lowest BCUT2D eigenvalue weighted by atomic mass is 10.2. The molecule has 2 heterocycles. The summed E-state index contributed by atoms with van der Waals surface area (Å²) < 4.78 is 5.17. The average Bonchev–Trinajstić information content (AvgIpc) is 2.87. The summed E-state index contributed by atoms with van der Waals surface area (Å²) in [4.78, 5) is 15.4. The number of ether oxygens (including phenoxy) is 1. The largest absolute Gasteiger partial charge is 0.490 e. The number of methoxy groups -OCH3 is 1. The molecular formula is C17H21N5O3. The molecule has 0 radical (unpaired) electrons. The van der Waals surface area contributed by atoms with Crippen molar-refractivity contribution in [1.82, 2.24) is 10.2 Å². The second-order valence-corrected chi connectivity index (χ2v) is 5.95. The van der Waals surface area contributed by atoms with Crippen LogP contribution < -0.4 is 14.5 Å². The van der Waals surface area contributed by atoms with Gasteiger partial charge in [0.25, 0.3) is 0 Å². The Morgan fingerprint density at radius 3 is 2.52 bits per heavy atom. The van der Waals surface area contributed by atoms with Crippen LogP contribution >= 0.6 is 0 Å². The maximum atomic E-state index is 11.5. The zero-order valence-corrected chi connectivity index (χ0v) is 14.4. The van der Waals surface area contributed by atoms with Gasteiger partial charge in [0.2, 0.25) is 0 Å². The first kappa shape index (κ1) is 16.9. The van der Waals surface area contributed by atoms with Crippen molar-refractivity contribution in [2.45, 2.75) is 13.3 Å². The van der Waals surface area contributed by atoms with Gasteiger partial charge in [-0.1, -0.05) is 6.07 Å². The van der Waals surface area contributed by atoms with Gasteiger partial charge in [-0.25, -0.2) is 0 Å². The number of aryl methyl sites for hydroxylation is 1. The summed E-state index contributed by atoms with van der Waals surface area (Å²) in [5.41, 5.74) is 1.50. The highest BCUT2D eigenvalue weighted by molar-refractivity contribution is 5.70. The lowest BCUT2D eigenvalue weighted by Crippen LogP contribution is -2.31. The lowest BCUT2D eigenvalue weighted by Gasteiger charge is -2.24. The molecule has 8 nitrogen and oxygen atoms in total. The van der Waals surface area contributed by atoms with Crippen LogP contribution in [0.15, 0.2) is 30.3 Å². The molecule has 3 rings (SSSR count). The van der Waals surface area contributed by atoms with Crippen LogP contribution in [0.5, 0.6) is 5.75 Å². The Morgan fingerprint density at radius 1 is 1.08 bits per heavy atom. The van der Waals surface area contributed by atoms with Crippen LogP contribution in [-0.2, 0) is 0 Å². The van der Waals surface area contributed by atoms with E-state index in [1.165, 1.54) is 7.11 Å². The number of aromatic nitrogens is 2. The molecule has 1 fully saturated rings. The van der Waals surface area contributed by atoms with E-state index in [0.717, 1.165) is 37.6 Å². The predicted molar refractivity (Wildman–Crippen MR) is 95.5 cm³/mol. The van der Waals surface area contributed by atoms with Crippen LogP contribution in [-0.4, -0.2) is 48.4 Å². The Labute approximate surface area is 146 Å². The predicted octanol–water partition coefficient (Wildman–Crippen LogP) is 2.42. The third-order valence-corrected chi connectivity index (χ3v) is 4.32. The van der Waals surface area contributed by atoms with E-state index in [4.69, 9.17) is 4.74 Å². The third kappa shape index (κ3) is 3.62. The maximum Gasteiger partial charge on any atom is 0.333 e. The number of hydrogen-bond donors (Lipinski definition) is 0. The summed E-state index contributed by atoms with van der Waals surface area (Å²) in [6.07, 6.45) is 0.879. The van der Waals surface area contributed by atoms with E-state index in [0.29, 0.717) is 12.2 Å². The van der Waals surface area contributed by atoms with Crippen molar-refractivity contribution in [3.05, 3.63) is 46.1 Å². The molecule has 0 saturated carbocycles. The fourth-order valence-corrected chi connectivity index (χ4v) is 3.06. The molecule has 0 N–H and O–H groups in total. The number of benzene rings is 1. The molecule has 2 aromatic rings. The van der Waals surface area contributed by atoms with E-state index in [-0.39, 0.29) is 16.4 Å². The maximum absolute atomic E-state index is 11.5. The minimum Gasteiger partial charge on any atom is -0.490 e. The summed E-state index contributed by atoms with van der Waals surface area (Å²) in [6, 6.07) is 9.09. The van der Waals surface area contributed by atoms with Crippen LogP contribution in [0.3, 0.4) is 0 Å². The molecule has 8 heteroatoms. The van der Waals surface area contributed by atoms with Gasteiger partial charge in [0.05, 0.1) is 17.7 Å². The van der Waals surface area contributed by atoms with Crippen LogP contribution in [0.1, 0.15) is 12.1 Å². The van der Waals surface area contributed by atoms with Gasteiger partial charge in [0.15, 0.2) is 11.6 Å². The molecule has 1 aromatic carbocycles. The van der Waals surface area contributed by atoms with Gasteiger partial charge in [-0.05, 0) is 37.6 Å². The van der Waals surface area contributed by atoms with Crippen LogP contribution in [0.4, 0.5) is 17.2 Å². The number of hydrogen-bond acceptors (Lipinski definition) is 7. The summed E-state index contributed by atoms with van der Waals surface area (Å²) in [5, 5.41) is 19.9. The van der Waals surface area contributed by atoms with Crippen molar-refractivity contribution < 1.29 is 9.66 Å². The molecule has 1 aromatic heterocycles. The summed E-state index contributed by atoms with van der Waals surface area (Å²) in [7, 11) is 1.45. The minimum atomic E-state index is -0.373. The fourth-order valence-electron chi connectivity index (χ4n) is 3.06. The van der Waals surface area contributed by atoms with Gasteiger partial charge >= 0.3 is 5.69 Å². The zero-order valence-electron chi connectivity index (χ0n) is 14.4. The number of anilines is 2. The van der Waals surface area contributed by atoms with Crippen molar-refractivity contribution in [1.29, 1.82) is 0 Å². The smallest absolute Gasteiger partial charge is 0.333 e. The van der Waals surface area contributed by atoms with Crippen LogP contribution in [0.2, 0.25) is 0 Å². The van der Waals surface area contributed by atoms with E-state index in [1.807, 2.05) is 24.0 Å². The molecule has 0 unspecified atom stereocenters. The van der Waals surface area contributed by atoms with Gasteiger partial charge < -0.3 is 14.5 Å². The van der Waals surface area contributed by atoms with Gasteiger partial charge in [-0.15, -0.1) is 5.10 Å². The SMILES string of the molecule is COc1cccc(N2CCCN(c3ccc(C)nn3)CC2)c1[N+](=O)[O-]. The fraction of sp³-hybridized carbons (Fsp3) is 0.412. The Balaban J connectivity index is 1.82. The minimum absolute atomic E-state index is 0.0218. The van der Waals surface area contributed by atoms with E-state index >= 15 is 0 Å². The Bertz CT molecular complexity index is 750. The molecular weight excluding hydrogens is 322 g/mol. The van der Waals surface area contributed by atoms with E-state index in [2.05, 4.69) is 15.1 Å². The van der Waals surface area contributed by atoms with Gasteiger partial charge in [0, 0.05) is 26.2 Å². The lowest BCUT2D eigenvalue weighted by molar-refractivity contribution is -0.385. The molecule has 0 spiro atoms. The summed E-state index contributed by atoms with van der Waals surface area (Å²) in [5.74, 6) is 1.13. The molecule has 0 bridgehead atoms. The number of nitro benzene ring substituents is 1. The molecule has 132 valence electrons. The molecule has 25 heavy (non-hydrogen) atoms. The molecule has 0 atom stereocenters. The molecule has 0 aliphatic carbocycles. The second-order valence-electron chi connectivity index (χ2n) is 5.95. The van der Waals surface area contributed by atoms with Crippen LogP contribution in [0.25, 0.3) is 0 Å². The second kappa shape index (κ2) is 7.33. The van der Waals surface area contributed by atoms with Crippen molar-refractivity contribution in [3.8, 4) is 5.75 Å². The van der Waals surface area contributed by atoms with E-state index in [1.54, 1.807) is 18.2 Å². The highest BCUT2D eigenvalue weighted by Crippen LogP contribution is 2.37. The molecule has 1 aliphatic heterocycles. The summed E-state index contributed by atoms with van der Waals surface area (Å²) in [6.45, 7) is 4.88. The zero-order chi connectivity index (χ0) is 17.8. The van der Waals surface area contributed by atoms with E-state index in [9.17, 15) is 10.1 Å². The first-order valence-electron chi connectivity index (χ1n) is 8.22. The van der Waals surface area contributed by atoms with Crippen molar-refractivity contribution in [2.24, 2.45) is 0 Å². The van der Waals surface area contributed by atoms with Gasteiger partial charge in [-0.3, -0.25) is 10.1 Å². The summed E-state index contributed by atoms with van der Waals surface area (Å²) >= 11 is 0. The van der Waals surface area contributed by atoms with Gasteiger partial charge in [0.1, 0.15) is 5.69 Å². The topological polar surface area (TPSA) is 84.6 Å². The van der Waals surface area contributed by atoms with Crippen molar-refractivity contribution in [3.63, 3.8) is 0 Å². The highest BCUT2D eigenvalue weighted by atomic mass is 16.6. The average molecular weight is 343 g/mol. The van der Waals surface area contributed by atoms with Gasteiger partial charge in [-0.2, -0.15) is 5.10 Å². The first-order chi connectivity index (χ1) is 12.1. The highest BCUT2D eigenvalue weighted by Gasteiger charge is 2.26. The molecule has 1 aliphatic rings. The van der Waals surface area contributed by atoms with Crippen molar-refractivity contribution in [2.75, 3.05) is 43.1 Å². The van der Waals surface area contributed by atoms with Crippen molar-refractivity contribution >= 4 is 17.2 Å². The standard InChI is InChI=1S/C17H21N5O3/c1-13-7-8-16(19-18-13)21-10-4-9-20(11-12-21)14-5-3-6-15(25-2)17(14)22(23)24/h3,5-8H,4,9-12H2,1-2H3. The molecule has 0 amide bonds. The third-order valence-electron chi connectivity index (χ3n) is 4.32. The quantitative estimate of drug-likeness (QED) is 0.622. The number of nitrogens with zero attached hydrogens (tertiary/aromatic N) is 5. The normalized spacial score (nSPS) is 15.0. The van der Waals surface area contributed by atoms with E-state index < -0.39 is 0 Å². The first-order valence-corrected chi connectivity index (χ1v) is 8.22. The van der Waals surface area contributed by atoms with Crippen LogP contribution in [0, 0.1) is 17.0 Å². The Morgan fingerprint density at radius 2 is 1.84 bits per heavy atom. The molecule has 1 saturated heterocycles. The number of nitro groups is 1. The Hall–Kier alpha value is -2.90. The number of rotatable bonds is 4.